The quantitative estimate of drug-likeness (QED) is 0.190. The van der Waals surface area contributed by atoms with Crippen LogP contribution >= 0.6 is 10.0 Å². The van der Waals surface area contributed by atoms with Crippen LogP contribution < -0.4 is 4.90 Å². The minimum atomic E-state index is -1.13. The molecule has 0 N–H and O–H groups in total. The summed E-state index contributed by atoms with van der Waals surface area (Å²) in [6.07, 6.45) is 7.29. The molecule has 8 rings (SSSR count). The first kappa shape index (κ1) is 29.2. The summed E-state index contributed by atoms with van der Waals surface area (Å²) in [5, 5.41) is 2.56. The number of anilines is 3. The normalized spacial score (nSPS) is 17.5. The SMILES string of the molecule is CC1(C)CCC(C)(C)c2c(N(c3ccc(-c4cccc5ccccc45)cc3)c3cccc4c3-c3ccccc3S4(C)C)cccc21. The van der Waals surface area contributed by atoms with Gasteiger partial charge in [0.25, 0.3) is 0 Å². The summed E-state index contributed by atoms with van der Waals surface area (Å²) in [6, 6.07) is 47.8. The van der Waals surface area contributed by atoms with Crippen LogP contribution in [-0.4, -0.2) is 12.5 Å². The van der Waals surface area contributed by atoms with Gasteiger partial charge in [-0.25, -0.2) is 0 Å². The van der Waals surface area contributed by atoms with Gasteiger partial charge in [-0.3, -0.25) is 0 Å². The van der Waals surface area contributed by atoms with E-state index in [0.717, 1.165) is 0 Å². The lowest BCUT2D eigenvalue weighted by Gasteiger charge is -2.44. The molecule has 0 aromatic heterocycles. The molecule has 1 nitrogen and oxygen atoms in total. The molecule has 1 aliphatic heterocycles. The smallest absolute Gasteiger partial charge is 0.0551 e. The molecule has 230 valence electrons. The Morgan fingerprint density at radius 2 is 1.15 bits per heavy atom. The molecule has 1 aliphatic carbocycles. The molecule has 0 atom stereocenters. The molecule has 6 aromatic carbocycles. The Labute approximate surface area is 276 Å². The number of fused-ring (bicyclic) bond motifs is 5. The van der Waals surface area contributed by atoms with Gasteiger partial charge in [0.1, 0.15) is 0 Å². The maximum atomic E-state index is 2.59. The molecule has 0 unspecified atom stereocenters. The molecule has 0 radical (unpaired) electrons. The predicted molar refractivity (Wildman–Crippen MR) is 201 cm³/mol. The first-order valence-electron chi connectivity index (χ1n) is 16.6. The van der Waals surface area contributed by atoms with Gasteiger partial charge in [0.15, 0.2) is 0 Å². The zero-order chi connectivity index (χ0) is 31.8. The number of rotatable bonds is 4. The molecule has 2 aliphatic rings. The van der Waals surface area contributed by atoms with E-state index in [1.54, 1.807) is 0 Å². The molecular weight excluding hydrogens is 575 g/mol. The Balaban J connectivity index is 1.39. The van der Waals surface area contributed by atoms with E-state index in [-0.39, 0.29) is 10.8 Å². The van der Waals surface area contributed by atoms with Crippen LogP contribution in [0.4, 0.5) is 17.1 Å². The van der Waals surface area contributed by atoms with Crippen LogP contribution in [0.2, 0.25) is 0 Å². The maximum Gasteiger partial charge on any atom is 0.0551 e. The Morgan fingerprint density at radius 3 is 1.98 bits per heavy atom. The van der Waals surface area contributed by atoms with Gasteiger partial charge in [0, 0.05) is 21.0 Å². The Kier molecular flexibility index (Phi) is 6.57. The molecule has 0 spiro atoms. The summed E-state index contributed by atoms with van der Waals surface area (Å²) < 4.78 is 0. The van der Waals surface area contributed by atoms with Crippen molar-refractivity contribution in [3.05, 3.63) is 139 Å². The number of hydrogen-bond donors (Lipinski definition) is 0. The third kappa shape index (κ3) is 4.37. The third-order valence-corrected chi connectivity index (χ3v) is 13.7. The maximum absolute atomic E-state index is 2.59. The van der Waals surface area contributed by atoms with E-state index in [2.05, 4.69) is 173 Å². The average molecular weight is 618 g/mol. The molecule has 6 aromatic rings. The van der Waals surface area contributed by atoms with Crippen molar-refractivity contribution in [2.24, 2.45) is 0 Å². The van der Waals surface area contributed by atoms with E-state index in [1.165, 1.54) is 83.8 Å². The van der Waals surface area contributed by atoms with Gasteiger partial charge in [-0.1, -0.05) is 119 Å². The van der Waals surface area contributed by atoms with Crippen molar-refractivity contribution in [1.29, 1.82) is 0 Å². The fourth-order valence-electron chi connectivity index (χ4n) is 8.20. The van der Waals surface area contributed by atoms with Crippen molar-refractivity contribution in [1.82, 2.24) is 0 Å². The van der Waals surface area contributed by atoms with Crippen LogP contribution in [0, 0.1) is 0 Å². The van der Waals surface area contributed by atoms with Gasteiger partial charge in [-0.15, -0.1) is 0 Å². The van der Waals surface area contributed by atoms with Crippen molar-refractivity contribution in [3.63, 3.8) is 0 Å². The van der Waals surface area contributed by atoms with Crippen LogP contribution in [0.15, 0.2) is 137 Å². The van der Waals surface area contributed by atoms with Gasteiger partial charge < -0.3 is 4.90 Å². The first-order valence-corrected chi connectivity index (χ1v) is 19.0. The fraction of sp³-hybridized carbons (Fsp3) is 0.227. The fourth-order valence-corrected chi connectivity index (χ4v) is 10.7. The van der Waals surface area contributed by atoms with Gasteiger partial charge in [-0.05, 0) is 111 Å². The Bertz CT molecular complexity index is 2130. The molecule has 2 heteroatoms. The molecule has 0 bridgehead atoms. The van der Waals surface area contributed by atoms with E-state index in [0.29, 0.717) is 0 Å². The standard InChI is InChI=1S/C44H43NS/c1-43(2)28-29-44(3,4)42-36(43)19-12-21-38(42)45(37-20-13-23-40-41(37)35-17-9-10-22-39(35)46(40,5)6)32-26-24-31(25-27-32)34-18-11-15-30-14-7-8-16-33(30)34/h7-27H,28-29H2,1-6H3. The molecule has 0 saturated heterocycles. The minimum absolute atomic E-state index is 0.0585. The zero-order valence-corrected chi connectivity index (χ0v) is 28.7. The lowest BCUT2D eigenvalue weighted by molar-refractivity contribution is 0.332. The van der Waals surface area contributed by atoms with E-state index >= 15 is 0 Å². The molecule has 0 fully saturated rings. The Morgan fingerprint density at radius 1 is 0.543 bits per heavy atom. The van der Waals surface area contributed by atoms with Crippen LogP contribution in [-0.2, 0) is 10.8 Å². The summed E-state index contributed by atoms with van der Waals surface area (Å²) in [7, 11) is -1.13. The van der Waals surface area contributed by atoms with Crippen LogP contribution in [0.1, 0.15) is 51.7 Å². The van der Waals surface area contributed by atoms with Crippen molar-refractivity contribution in [2.75, 3.05) is 17.4 Å². The van der Waals surface area contributed by atoms with E-state index in [4.69, 9.17) is 0 Å². The zero-order valence-electron chi connectivity index (χ0n) is 27.9. The summed E-state index contributed by atoms with van der Waals surface area (Å²) >= 11 is 0. The van der Waals surface area contributed by atoms with Crippen molar-refractivity contribution < 1.29 is 0 Å². The second-order valence-electron chi connectivity index (χ2n) is 14.8. The van der Waals surface area contributed by atoms with Gasteiger partial charge in [0.05, 0.1) is 11.4 Å². The Hall–Kier alpha value is -4.27. The lowest BCUT2D eigenvalue weighted by Crippen LogP contribution is -2.35. The first-order chi connectivity index (χ1) is 22.1. The monoisotopic (exact) mass is 617 g/mol. The van der Waals surface area contributed by atoms with Crippen LogP contribution in [0.3, 0.4) is 0 Å². The molecule has 0 saturated carbocycles. The largest absolute Gasteiger partial charge is 0.310 e. The minimum Gasteiger partial charge on any atom is -0.310 e. The average Bonchev–Trinajstić information content (AvgIpc) is 3.30. The predicted octanol–water partition coefficient (Wildman–Crippen LogP) is 12.8. The van der Waals surface area contributed by atoms with Gasteiger partial charge >= 0.3 is 0 Å². The van der Waals surface area contributed by atoms with Crippen LogP contribution in [0.5, 0.6) is 0 Å². The highest BCUT2D eigenvalue weighted by molar-refractivity contribution is 8.33. The summed E-state index contributed by atoms with van der Waals surface area (Å²) in [4.78, 5) is 5.55. The summed E-state index contributed by atoms with van der Waals surface area (Å²) in [5.74, 6) is 0. The molecule has 1 heterocycles. The summed E-state index contributed by atoms with van der Waals surface area (Å²) in [5.41, 5.74) is 12.2. The number of nitrogens with zero attached hydrogens (tertiary/aromatic N) is 1. The third-order valence-electron chi connectivity index (χ3n) is 10.8. The van der Waals surface area contributed by atoms with Gasteiger partial charge in [0.2, 0.25) is 0 Å². The molecular formula is C44H43NS. The van der Waals surface area contributed by atoms with Crippen molar-refractivity contribution >= 4 is 37.9 Å². The number of hydrogen-bond acceptors (Lipinski definition) is 1. The van der Waals surface area contributed by atoms with Crippen LogP contribution in [0.25, 0.3) is 33.0 Å². The molecule has 46 heavy (non-hydrogen) atoms. The lowest BCUT2D eigenvalue weighted by atomic mass is 9.62. The molecule has 0 amide bonds. The second-order valence-corrected chi connectivity index (χ2v) is 18.4. The summed E-state index contributed by atoms with van der Waals surface area (Å²) in [6.45, 7) is 9.75. The highest BCUT2D eigenvalue weighted by Crippen LogP contribution is 2.69. The topological polar surface area (TPSA) is 3.24 Å². The van der Waals surface area contributed by atoms with E-state index < -0.39 is 10.0 Å². The van der Waals surface area contributed by atoms with E-state index in [1.807, 2.05) is 0 Å². The number of benzene rings is 6. The van der Waals surface area contributed by atoms with E-state index in [9.17, 15) is 0 Å². The van der Waals surface area contributed by atoms with Crippen molar-refractivity contribution in [2.45, 2.75) is 61.2 Å². The van der Waals surface area contributed by atoms with Gasteiger partial charge in [-0.2, -0.15) is 10.0 Å². The highest BCUT2D eigenvalue weighted by atomic mass is 32.3. The second kappa shape index (κ2) is 10.4. The highest BCUT2D eigenvalue weighted by Gasteiger charge is 2.41. The van der Waals surface area contributed by atoms with Crippen molar-refractivity contribution in [3.8, 4) is 22.3 Å².